The summed E-state index contributed by atoms with van der Waals surface area (Å²) in [7, 11) is 1.19. The van der Waals surface area contributed by atoms with Crippen molar-refractivity contribution >= 4 is 35.1 Å². The van der Waals surface area contributed by atoms with Crippen LogP contribution in [0.5, 0.6) is 0 Å². The number of halogens is 1. The fraction of sp³-hybridized carbons (Fsp3) is 0.294. The van der Waals surface area contributed by atoms with Crippen LogP contribution in [0.1, 0.15) is 16.0 Å². The number of carbonyl (C=O) groups is 2. The summed E-state index contributed by atoms with van der Waals surface area (Å²) in [5, 5.41) is 11.5. The van der Waals surface area contributed by atoms with Gasteiger partial charge in [0.1, 0.15) is 0 Å². The molecule has 0 aliphatic carbocycles. The Balaban J connectivity index is 2.15. The van der Waals surface area contributed by atoms with Gasteiger partial charge in [0.25, 0.3) is 5.72 Å². The lowest BCUT2D eigenvalue weighted by Crippen LogP contribution is -2.56. The van der Waals surface area contributed by atoms with Gasteiger partial charge < -0.3 is 14.6 Å². The topological polar surface area (TPSA) is 76.1 Å². The van der Waals surface area contributed by atoms with E-state index in [2.05, 4.69) is 0 Å². The molecule has 1 atom stereocenters. The van der Waals surface area contributed by atoms with Gasteiger partial charge in [0, 0.05) is 28.6 Å². The second-order valence-electron chi connectivity index (χ2n) is 5.52. The van der Waals surface area contributed by atoms with Crippen LogP contribution in [0.4, 0.5) is 4.79 Å². The molecule has 2 heterocycles. The molecule has 1 aromatic carbocycles. The first-order chi connectivity index (χ1) is 12.0. The zero-order valence-electron chi connectivity index (χ0n) is 13.4. The number of fused-ring (bicyclic) bond motifs is 1. The number of methoxy groups -OCH3 is 1. The van der Waals surface area contributed by atoms with Gasteiger partial charge in [-0.15, -0.1) is 11.3 Å². The Kier molecular flexibility index (Phi) is 4.99. The normalized spacial score (nSPS) is 16.6. The van der Waals surface area contributed by atoms with Crippen molar-refractivity contribution in [3.63, 3.8) is 0 Å². The SMILES string of the molecule is COC(=O)[C@@](OC(=O)O)(c1ccccc1Cl)N1CCc2sccc2C1. The van der Waals surface area contributed by atoms with E-state index < -0.39 is 17.8 Å². The van der Waals surface area contributed by atoms with Crippen molar-refractivity contribution in [2.75, 3.05) is 13.7 Å². The standard InChI is InChI=1S/C17H16ClNO5S/c1-23-15(20)17(24-16(21)22,12-4-2-3-5-13(12)18)19-8-6-14-11(10-19)7-9-25-14/h2-5,7,9H,6,8,10H2,1H3,(H,21,22)/t17-/m0/s1. The minimum atomic E-state index is -1.96. The number of esters is 1. The highest BCUT2D eigenvalue weighted by atomic mass is 35.5. The average Bonchev–Trinajstić information content (AvgIpc) is 3.07. The second-order valence-corrected chi connectivity index (χ2v) is 6.93. The van der Waals surface area contributed by atoms with Crippen molar-refractivity contribution in [2.45, 2.75) is 18.7 Å². The van der Waals surface area contributed by atoms with Gasteiger partial charge in [-0.05, 0) is 29.5 Å². The molecule has 0 fully saturated rings. The van der Waals surface area contributed by atoms with Crippen molar-refractivity contribution in [3.05, 3.63) is 56.7 Å². The molecule has 1 aliphatic rings. The Morgan fingerprint density at radius 2 is 2.08 bits per heavy atom. The molecule has 132 valence electrons. The molecule has 0 spiro atoms. The number of carbonyl (C=O) groups excluding carboxylic acids is 1. The van der Waals surface area contributed by atoms with Gasteiger partial charge in [0.15, 0.2) is 0 Å². The summed E-state index contributed by atoms with van der Waals surface area (Å²) in [6.45, 7) is 0.785. The largest absolute Gasteiger partial charge is 0.508 e. The summed E-state index contributed by atoms with van der Waals surface area (Å²) in [4.78, 5) is 27.1. The van der Waals surface area contributed by atoms with Crippen molar-refractivity contribution < 1.29 is 24.2 Å². The Labute approximate surface area is 153 Å². The van der Waals surface area contributed by atoms with Crippen LogP contribution in [0.25, 0.3) is 0 Å². The maximum Gasteiger partial charge on any atom is 0.508 e. The van der Waals surface area contributed by atoms with Crippen LogP contribution < -0.4 is 0 Å². The number of ether oxygens (including phenoxy) is 2. The lowest BCUT2D eigenvalue weighted by Gasteiger charge is -2.41. The van der Waals surface area contributed by atoms with Crippen LogP contribution in [0, 0.1) is 0 Å². The van der Waals surface area contributed by atoms with E-state index in [0.717, 1.165) is 5.56 Å². The van der Waals surface area contributed by atoms with Crippen molar-refractivity contribution in [1.29, 1.82) is 0 Å². The first kappa shape index (κ1) is 17.7. The van der Waals surface area contributed by atoms with Gasteiger partial charge in [0.2, 0.25) is 0 Å². The van der Waals surface area contributed by atoms with E-state index in [9.17, 15) is 14.7 Å². The maximum absolute atomic E-state index is 12.8. The Morgan fingerprint density at radius 1 is 1.32 bits per heavy atom. The van der Waals surface area contributed by atoms with Crippen LogP contribution in [0.15, 0.2) is 35.7 Å². The van der Waals surface area contributed by atoms with Crippen molar-refractivity contribution in [3.8, 4) is 0 Å². The highest BCUT2D eigenvalue weighted by Crippen LogP contribution is 2.40. The van der Waals surface area contributed by atoms with Crippen LogP contribution in [0.2, 0.25) is 5.02 Å². The van der Waals surface area contributed by atoms with E-state index in [1.807, 2.05) is 11.4 Å². The molecule has 0 radical (unpaired) electrons. The summed E-state index contributed by atoms with van der Waals surface area (Å²) < 4.78 is 10.1. The fourth-order valence-electron chi connectivity index (χ4n) is 3.09. The number of carboxylic acid groups (broad SMARTS) is 1. The van der Waals surface area contributed by atoms with E-state index in [4.69, 9.17) is 21.1 Å². The number of hydrogen-bond acceptors (Lipinski definition) is 6. The molecule has 1 aromatic heterocycles. The predicted octanol–water partition coefficient (Wildman–Crippen LogP) is 3.48. The fourth-order valence-corrected chi connectivity index (χ4v) is 4.24. The van der Waals surface area contributed by atoms with Gasteiger partial charge >= 0.3 is 12.1 Å². The molecule has 3 rings (SSSR count). The summed E-state index contributed by atoms with van der Waals surface area (Å²) >= 11 is 7.93. The minimum Gasteiger partial charge on any atom is -0.465 e. The smallest absolute Gasteiger partial charge is 0.465 e. The highest BCUT2D eigenvalue weighted by molar-refractivity contribution is 7.10. The molecule has 2 aromatic rings. The number of thiophene rings is 1. The third-order valence-corrected chi connectivity index (χ3v) is 5.54. The third-order valence-electron chi connectivity index (χ3n) is 4.19. The van der Waals surface area contributed by atoms with Crippen LogP contribution in [-0.4, -0.2) is 35.8 Å². The van der Waals surface area contributed by atoms with Gasteiger partial charge in [-0.1, -0.05) is 29.8 Å². The van der Waals surface area contributed by atoms with Gasteiger partial charge in [-0.25, -0.2) is 14.5 Å². The molecule has 1 N–H and O–H groups in total. The molecule has 6 nitrogen and oxygen atoms in total. The lowest BCUT2D eigenvalue weighted by atomic mass is 9.97. The molecule has 0 saturated heterocycles. The molecule has 25 heavy (non-hydrogen) atoms. The first-order valence-electron chi connectivity index (χ1n) is 7.54. The average molecular weight is 382 g/mol. The monoisotopic (exact) mass is 381 g/mol. The van der Waals surface area contributed by atoms with Gasteiger partial charge in [0.05, 0.1) is 7.11 Å². The molecular formula is C17H16ClNO5S. The van der Waals surface area contributed by atoms with E-state index in [1.165, 1.54) is 12.0 Å². The molecule has 0 amide bonds. The quantitative estimate of drug-likeness (QED) is 0.817. The number of benzene rings is 1. The molecule has 0 bridgehead atoms. The Bertz CT molecular complexity index is 808. The summed E-state index contributed by atoms with van der Waals surface area (Å²) in [6.07, 6.45) is -0.902. The molecule has 0 unspecified atom stereocenters. The molecule has 1 aliphatic heterocycles. The Morgan fingerprint density at radius 3 is 2.76 bits per heavy atom. The van der Waals surface area contributed by atoms with E-state index in [1.54, 1.807) is 40.5 Å². The summed E-state index contributed by atoms with van der Waals surface area (Å²) in [6, 6.07) is 8.48. The first-order valence-corrected chi connectivity index (χ1v) is 8.80. The Hall–Kier alpha value is -2.09. The zero-order valence-corrected chi connectivity index (χ0v) is 15.0. The molecular weight excluding hydrogens is 366 g/mol. The second kappa shape index (κ2) is 7.03. The van der Waals surface area contributed by atoms with Gasteiger partial charge in [-0.3, -0.25) is 0 Å². The van der Waals surface area contributed by atoms with Crippen molar-refractivity contribution in [1.82, 2.24) is 4.90 Å². The zero-order chi connectivity index (χ0) is 18.0. The third kappa shape index (κ3) is 3.10. The molecule has 8 heteroatoms. The summed E-state index contributed by atoms with van der Waals surface area (Å²) in [5.41, 5.74) is -0.686. The summed E-state index contributed by atoms with van der Waals surface area (Å²) in [5.74, 6) is -0.832. The number of rotatable bonds is 4. The van der Waals surface area contributed by atoms with E-state index in [0.29, 0.717) is 19.5 Å². The minimum absolute atomic E-state index is 0.227. The molecule has 0 saturated carbocycles. The number of nitrogens with zero attached hydrogens (tertiary/aromatic N) is 1. The highest BCUT2D eigenvalue weighted by Gasteiger charge is 2.53. The van der Waals surface area contributed by atoms with E-state index >= 15 is 0 Å². The van der Waals surface area contributed by atoms with Crippen LogP contribution in [-0.2, 0) is 33.0 Å². The van der Waals surface area contributed by atoms with E-state index in [-0.39, 0.29) is 10.6 Å². The van der Waals surface area contributed by atoms with Crippen molar-refractivity contribution in [2.24, 2.45) is 0 Å². The predicted molar refractivity (Wildman–Crippen MR) is 92.7 cm³/mol. The lowest BCUT2D eigenvalue weighted by molar-refractivity contribution is -0.196. The van der Waals surface area contributed by atoms with Crippen LogP contribution in [0.3, 0.4) is 0 Å². The van der Waals surface area contributed by atoms with Crippen LogP contribution >= 0.6 is 22.9 Å². The number of hydrogen-bond donors (Lipinski definition) is 1. The maximum atomic E-state index is 12.8. The van der Waals surface area contributed by atoms with Gasteiger partial charge in [-0.2, -0.15) is 0 Å².